The predicted molar refractivity (Wildman–Crippen MR) is 44.5 cm³/mol. The molecule has 1 heterocycles. The molecule has 1 atom stereocenters. The van der Waals surface area contributed by atoms with Crippen LogP contribution in [0.5, 0.6) is 0 Å². The van der Waals surface area contributed by atoms with E-state index in [2.05, 4.69) is 4.98 Å². The third-order valence-corrected chi connectivity index (χ3v) is 2.26. The van der Waals surface area contributed by atoms with Gasteiger partial charge < -0.3 is 5.73 Å². The summed E-state index contributed by atoms with van der Waals surface area (Å²) in [5.41, 5.74) is 5.64. The molecule has 1 rings (SSSR count). The second-order valence-electron chi connectivity index (χ2n) is 2.72. The van der Waals surface area contributed by atoms with Gasteiger partial charge in [-0.25, -0.2) is 4.98 Å². The summed E-state index contributed by atoms with van der Waals surface area (Å²) in [6.45, 7) is 1.73. The standard InChI is InChI=1S/C7H9F3N2S/c1-4-12-6(3-13-4)5(11)2-7(8,9)10/h3,5H,2,11H2,1H3/t5-/m0/s1. The van der Waals surface area contributed by atoms with Gasteiger partial charge in [0, 0.05) is 5.38 Å². The van der Waals surface area contributed by atoms with Crippen molar-refractivity contribution in [3.05, 3.63) is 16.1 Å². The van der Waals surface area contributed by atoms with Gasteiger partial charge in [0.2, 0.25) is 0 Å². The van der Waals surface area contributed by atoms with E-state index in [1.807, 2.05) is 0 Å². The van der Waals surface area contributed by atoms with E-state index in [0.717, 1.165) is 5.01 Å². The highest BCUT2D eigenvalue weighted by Gasteiger charge is 2.31. The SMILES string of the molecule is Cc1nc([C@@H](N)CC(F)(F)F)cs1. The summed E-state index contributed by atoms with van der Waals surface area (Å²) in [4.78, 5) is 3.89. The molecule has 0 aromatic carbocycles. The summed E-state index contributed by atoms with van der Waals surface area (Å²) in [5, 5.41) is 2.29. The summed E-state index contributed by atoms with van der Waals surface area (Å²) >= 11 is 1.30. The average molecular weight is 210 g/mol. The van der Waals surface area contributed by atoms with Gasteiger partial charge in [0.15, 0.2) is 0 Å². The first-order valence-electron chi connectivity index (χ1n) is 3.63. The zero-order valence-corrected chi connectivity index (χ0v) is 7.75. The van der Waals surface area contributed by atoms with Crippen LogP contribution in [0.2, 0.25) is 0 Å². The molecule has 0 saturated carbocycles. The fraction of sp³-hybridized carbons (Fsp3) is 0.571. The number of nitrogens with zero attached hydrogens (tertiary/aromatic N) is 1. The Morgan fingerprint density at radius 3 is 2.62 bits per heavy atom. The maximum absolute atomic E-state index is 11.9. The van der Waals surface area contributed by atoms with Gasteiger partial charge in [-0.2, -0.15) is 13.2 Å². The number of alkyl halides is 3. The number of hydrogen-bond donors (Lipinski definition) is 1. The summed E-state index contributed by atoms with van der Waals surface area (Å²) in [6, 6.07) is -1.04. The molecule has 0 aliphatic carbocycles. The first-order valence-corrected chi connectivity index (χ1v) is 4.51. The number of rotatable bonds is 2. The molecule has 0 amide bonds. The van der Waals surface area contributed by atoms with E-state index in [-0.39, 0.29) is 0 Å². The van der Waals surface area contributed by atoms with Gasteiger partial charge in [0.25, 0.3) is 0 Å². The van der Waals surface area contributed by atoms with Gasteiger partial charge >= 0.3 is 6.18 Å². The molecule has 6 heteroatoms. The molecule has 0 aliphatic heterocycles. The summed E-state index contributed by atoms with van der Waals surface area (Å²) in [5.74, 6) is 0. The first kappa shape index (κ1) is 10.5. The number of hydrogen-bond acceptors (Lipinski definition) is 3. The van der Waals surface area contributed by atoms with Gasteiger partial charge in [-0.05, 0) is 6.92 Å². The summed E-state index contributed by atoms with van der Waals surface area (Å²) < 4.78 is 35.7. The lowest BCUT2D eigenvalue weighted by Crippen LogP contribution is -2.20. The van der Waals surface area contributed by atoms with E-state index in [9.17, 15) is 13.2 Å². The van der Waals surface area contributed by atoms with Crippen molar-refractivity contribution in [3.63, 3.8) is 0 Å². The van der Waals surface area contributed by atoms with Crippen LogP contribution in [-0.4, -0.2) is 11.2 Å². The Hall–Kier alpha value is -0.620. The number of nitrogens with two attached hydrogens (primary N) is 1. The molecule has 0 bridgehead atoms. The molecule has 0 aliphatic rings. The molecule has 2 N–H and O–H groups in total. The van der Waals surface area contributed by atoms with Gasteiger partial charge in [0.1, 0.15) is 0 Å². The van der Waals surface area contributed by atoms with Gasteiger partial charge in [-0.1, -0.05) is 0 Å². The van der Waals surface area contributed by atoms with Crippen molar-refractivity contribution in [2.24, 2.45) is 5.73 Å². The molecular weight excluding hydrogens is 201 g/mol. The van der Waals surface area contributed by atoms with Crippen molar-refractivity contribution in [2.75, 3.05) is 0 Å². The summed E-state index contributed by atoms with van der Waals surface area (Å²) in [7, 11) is 0. The summed E-state index contributed by atoms with van der Waals surface area (Å²) in [6.07, 6.45) is -5.24. The number of aryl methyl sites for hydroxylation is 1. The van der Waals surface area contributed by atoms with Crippen molar-refractivity contribution >= 4 is 11.3 Å². The van der Waals surface area contributed by atoms with E-state index in [1.54, 1.807) is 12.3 Å². The fourth-order valence-electron chi connectivity index (χ4n) is 0.904. The van der Waals surface area contributed by atoms with Crippen LogP contribution in [0.1, 0.15) is 23.2 Å². The Labute approximate surface area is 77.6 Å². The predicted octanol–water partition coefficient (Wildman–Crippen LogP) is 2.40. The van der Waals surface area contributed by atoms with Crippen molar-refractivity contribution in [1.29, 1.82) is 0 Å². The molecule has 13 heavy (non-hydrogen) atoms. The van der Waals surface area contributed by atoms with Crippen LogP contribution in [0.15, 0.2) is 5.38 Å². The van der Waals surface area contributed by atoms with Crippen LogP contribution in [0, 0.1) is 6.92 Å². The Morgan fingerprint density at radius 2 is 2.23 bits per heavy atom. The highest BCUT2D eigenvalue weighted by Crippen LogP contribution is 2.28. The fourth-order valence-corrected chi connectivity index (χ4v) is 1.58. The van der Waals surface area contributed by atoms with Crippen molar-refractivity contribution in [1.82, 2.24) is 4.98 Å². The van der Waals surface area contributed by atoms with Gasteiger partial charge in [-0.3, -0.25) is 0 Å². The molecule has 2 nitrogen and oxygen atoms in total. The molecular formula is C7H9F3N2S. The van der Waals surface area contributed by atoms with Crippen molar-refractivity contribution < 1.29 is 13.2 Å². The minimum absolute atomic E-state index is 0.319. The van der Waals surface area contributed by atoms with E-state index in [4.69, 9.17) is 5.73 Å². The molecule has 1 aromatic heterocycles. The Kier molecular flexibility index (Phi) is 2.92. The molecule has 0 spiro atoms. The molecule has 1 aromatic rings. The molecule has 0 fully saturated rings. The third-order valence-electron chi connectivity index (χ3n) is 1.47. The smallest absolute Gasteiger partial charge is 0.322 e. The Morgan fingerprint density at radius 1 is 1.62 bits per heavy atom. The number of thiazole rings is 1. The van der Waals surface area contributed by atoms with Crippen LogP contribution in [0.4, 0.5) is 13.2 Å². The van der Waals surface area contributed by atoms with Crippen molar-refractivity contribution in [2.45, 2.75) is 25.6 Å². The van der Waals surface area contributed by atoms with Crippen LogP contribution in [0.25, 0.3) is 0 Å². The largest absolute Gasteiger partial charge is 0.390 e. The quantitative estimate of drug-likeness (QED) is 0.814. The second-order valence-corrected chi connectivity index (χ2v) is 3.78. The van der Waals surface area contributed by atoms with E-state index < -0.39 is 18.6 Å². The zero-order chi connectivity index (χ0) is 10.1. The molecule has 0 unspecified atom stereocenters. The second kappa shape index (κ2) is 3.63. The van der Waals surface area contributed by atoms with Gasteiger partial charge in [-0.15, -0.1) is 11.3 Å². The lowest BCUT2D eigenvalue weighted by atomic mass is 10.2. The van der Waals surface area contributed by atoms with E-state index in [1.165, 1.54) is 11.3 Å². The number of aromatic nitrogens is 1. The molecule has 0 saturated heterocycles. The minimum Gasteiger partial charge on any atom is -0.322 e. The lowest BCUT2D eigenvalue weighted by molar-refractivity contribution is -0.138. The zero-order valence-electron chi connectivity index (χ0n) is 6.93. The van der Waals surface area contributed by atoms with Crippen molar-refractivity contribution in [3.8, 4) is 0 Å². The lowest BCUT2D eigenvalue weighted by Gasteiger charge is -2.11. The normalized spacial score (nSPS) is 14.5. The third kappa shape index (κ3) is 3.31. The first-order chi connectivity index (χ1) is 5.88. The maximum Gasteiger partial charge on any atom is 0.390 e. The molecule has 0 radical (unpaired) electrons. The highest BCUT2D eigenvalue weighted by atomic mass is 32.1. The van der Waals surface area contributed by atoms with Crippen LogP contribution >= 0.6 is 11.3 Å². The number of halogens is 3. The Bertz CT molecular complexity index is 282. The monoisotopic (exact) mass is 210 g/mol. The highest BCUT2D eigenvalue weighted by molar-refractivity contribution is 7.09. The van der Waals surface area contributed by atoms with Crippen LogP contribution in [-0.2, 0) is 0 Å². The van der Waals surface area contributed by atoms with Crippen LogP contribution < -0.4 is 5.73 Å². The minimum atomic E-state index is -4.23. The average Bonchev–Trinajstić information content (AvgIpc) is 2.31. The van der Waals surface area contributed by atoms with Gasteiger partial charge in [0.05, 0.1) is 23.2 Å². The topological polar surface area (TPSA) is 38.9 Å². The maximum atomic E-state index is 11.9. The van der Waals surface area contributed by atoms with Crippen LogP contribution in [0.3, 0.4) is 0 Å². The molecule has 74 valence electrons. The Balaban J connectivity index is 2.64. The van der Waals surface area contributed by atoms with E-state index >= 15 is 0 Å². The van der Waals surface area contributed by atoms with E-state index in [0.29, 0.717) is 5.69 Å².